The largest absolute Gasteiger partial charge is 0.329 e. The summed E-state index contributed by atoms with van der Waals surface area (Å²) in [6.07, 6.45) is 0. The van der Waals surface area contributed by atoms with E-state index in [1.165, 1.54) is 12.1 Å². The van der Waals surface area contributed by atoms with Gasteiger partial charge in [-0.2, -0.15) is 0 Å². The SMILES string of the molecule is NC[C@H](N)c1ccc(S(N)(=O)=O)cc1F. The van der Waals surface area contributed by atoms with Gasteiger partial charge in [0.25, 0.3) is 0 Å². The van der Waals surface area contributed by atoms with Crippen molar-refractivity contribution in [3.8, 4) is 0 Å². The topological polar surface area (TPSA) is 112 Å². The van der Waals surface area contributed by atoms with Crippen LogP contribution in [0, 0.1) is 5.82 Å². The first kappa shape index (κ1) is 12.1. The van der Waals surface area contributed by atoms with Crippen LogP contribution >= 0.6 is 0 Å². The zero-order valence-electron chi connectivity index (χ0n) is 7.85. The molecule has 15 heavy (non-hydrogen) atoms. The molecule has 0 spiro atoms. The average Bonchev–Trinajstić information content (AvgIpc) is 2.15. The Morgan fingerprint density at radius 2 is 2.00 bits per heavy atom. The lowest BCUT2D eigenvalue weighted by Crippen LogP contribution is -2.22. The van der Waals surface area contributed by atoms with Crippen LogP contribution in [0.3, 0.4) is 0 Å². The Morgan fingerprint density at radius 3 is 2.40 bits per heavy atom. The van der Waals surface area contributed by atoms with Crippen LogP contribution in [0.5, 0.6) is 0 Å². The van der Waals surface area contributed by atoms with E-state index in [9.17, 15) is 12.8 Å². The van der Waals surface area contributed by atoms with Gasteiger partial charge in [0.1, 0.15) is 5.82 Å². The highest BCUT2D eigenvalue weighted by Crippen LogP contribution is 2.17. The van der Waals surface area contributed by atoms with Crippen molar-refractivity contribution in [3.05, 3.63) is 29.6 Å². The summed E-state index contributed by atoms with van der Waals surface area (Å²) in [6.45, 7) is 0.0750. The van der Waals surface area contributed by atoms with Crippen molar-refractivity contribution in [1.29, 1.82) is 0 Å². The molecule has 7 heteroatoms. The van der Waals surface area contributed by atoms with Gasteiger partial charge >= 0.3 is 0 Å². The fourth-order valence-corrected chi connectivity index (χ4v) is 1.64. The van der Waals surface area contributed by atoms with Gasteiger partial charge in [0.05, 0.1) is 4.90 Å². The average molecular weight is 233 g/mol. The number of rotatable bonds is 3. The minimum Gasteiger partial charge on any atom is -0.329 e. The van der Waals surface area contributed by atoms with Crippen LogP contribution in [-0.2, 0) is 10.0 Å². The van der Waals surface area contributed by atoms with Crippen LogP contribution in [0.4, 0.5) is 4.39 Å². The van der Waals surface area contributed by atoms with Crippen LogP contribution in [0.2, 0.25) is 0 Å². The lowest BCUT2D eigenvalue weighted by Gasteiger charge is -2.10. The molecule has 0 saturated carbocycles. The maximum Gasteiger partial charge on any atom is 0.238 e. The molecule has 1 rings (SSSR count). The van der Waals surface area contributed by atoms with Crippen LogP contribution in [0.25, 0.3) is 0 Å². The van der Waals surface area contributed by atoms with Crippen molar-refractivity contribution < 1.29 is 12.8 Å². The molecule has 0 aliphatic heterocycles. The van der Waals surface area contributed by atoms with Crippen LogP contribution in [0.15, 0.2) is 23.1 Å². The molecule has 6 N–H and O–H groups in total. The maximum absolute atomic E-state index is 13.4. The Labute approximate surface area is 87.1 Å². The molecule has 0 aliphatic rings. The van der Waals surface area contributed by atoms with Crippen molar-refractivity contribution in [2.24, 2.45) is 16.6 Å². The van der Waals surface area contributed by atoms with Gasteiger partial charge in [0, 0.05) is 18.2 Å². The second kappa shape index (κ2) is 4.23. The van der Waals surface area contributed by atoms with E-state index in [0.29, 0.717) is 0 Å². The van der Waals surface area contributed by atoms with E-state index < -0.39 is 21.9 Å². The van der Waals surface area contributed by atoms with Crippen molar-refractivity contribution >= 4 is 10.0 Å². The summed E-state index contributed by atoms with van der Waals surface area (Å²) in [5.74, 6) is -0.723. The Balaban J connectivity index is 3.20. The monoisotopic (exact) mass is 233 g/mol. The van der Waals surface area contributed by atoms with Gasteiger partial charge in [-0.1, -0.05) is 6.07 Å². The molecule has 0 unspecified atom stereocenters. The van der Waals surface area contributed by atoms with Gasteiger partial charge in [0.15, 0.2) is 0 Å². The van der Waals surface area contributed by atoms with Crippen LogP contribution in [0.1, 0.15) is 11.6 Å². The molecular weight excluding hydrogens is 221 g/mol. The molecule has 5 nitrogen and oxygen atoms in total. The van der Waals surface area contributed by atoms with E-state index in [-0.39, 0.29) is 17.0 Å². The Bertz CT molecular complexity index is 461. The lowest BCUT2D eigenvalue weighted by molar-refractivity contribution is 0.573. The van der Waals surface area contributed by atoms with Crippen LogP contribution < -0.4 is 16.6 Å². The number of hydrogen-bond donors (Lipinski definition) is 3. The molecule has 0 saturated heterocycles. The summed E-state index contributed by atoms with van der Waals surface area (Å²) >= 11 is 0. The van der Waals surface area contributed by atoms with E-state index >= 15 is 0 Å². The molecule has 0 fully saturated rings. The Kier molecular flexibility index (Phi) is 3.40. The number of hydrogen-bond acceptors (Lipinski definition) is 4. The third-order valence-corrected chi connectivity index (χ3v) is 2.86. The molecule has 1 aromatic rings. The zero-order chi connectivity index (χ0) is 11.6. The van der Waals surface area contributed by atoms with E-state index in [1.54, 1.807) is 0 Å². The number of primary sulfonamides is 1. The van der Waals surface area contributed by atoms with Crippen molar-refractivity contribution in [1.82, 2.24) is 0 Å². The first-order valence-corrected chi connectivity index (χ1v) is 5.69. The standard InChI is InChI=1S/C8H12FN3O2S/c9-7-3-5(15(12,13)14)1-2-6(7)8(11)4-10/h1-3,8H,4,10-11H2,(H2,12,13,14)/t8-/m0/s1. The molecule has 1 aromatic carbocycles. The first-order chi connectivity index (χ1) is 6.86. The quantitative estimate of drug-likeness (QED) is 0.649. The molecule has 84 valence electrons. The summed E-state index contributed by atoms with van der Waals surface area (Å²) in [4.78, 5) is -0.284. The normalized spacial score (nSPS) is 13.9. The van der Waals surface area contributed by atoms with Gasteiger partial charge in [-0.3, -0.25) is 0 Å². The zero-order valence-corrected chi connectivity index (χ0v) is 8.67. The predicted molar refractivity (Wildman–Crippen MR) is 53.8 cm³/mol. The molecule has 0 bridgehead atoms. The molecule has 1 atom stereocenters. The third kappa shape index (κ3) is 2.72. The van der Waals surface area contributed by atoms with Gasteiger partial charge in [0.2, 0.25) is 10.0 Å². The minimum absolute atomic E-state index is 0.0750. The maximum atomic E-state index is 13.4. The highest BCUT2D eigenvalue weighted by atomic mass is 32.2. The van der Waals surface area contributed by atoms with E-state index in [1.807, 2.05) is 0 Å². The van der Waals surface area contributed by atoms with Gasteiger partial charge in [-0.15, -0.1) is 0 Å². The number of halogens is 1. The summed E-state index contributed by atoms with van der Waals surface area (Å²) in [5.41, 5.74) is 10.9. The molecule has 0 amide bonds. The molecule has 0 radical (unpaired) electrons. The van der Waals surface area contributed by atoms with Gasteiger partial charge in [-0.25, -0.2) is 17.9 Å². The molecule has 0 aliphatic carbocycles. The summed E-state index contributed by atoms with van der Waals surface area (Å²) < 4.78 is 35.1. The third-order valence-electron chi connectivity index (χ3n) is 1.95. The molecule has 0 aromatic heterocycles. The second-order valence-electron chi connectivity index (χ2n) is 3.07. The molecular formula is C8H12FN3O2S. The highest BCUT2D eigenvalue weighted by Gasteiger charge is 2.14. The van der Waals surface area contributed by atoms with Crippen molar-refractivity contribution in [3.63, 3.8) is 0 Å². The smallest absolute Gasteiger partial charge is 0.238 e. The fourth-order valence-electron chi connectivity index (χ4n) is 1.11. The number of benzene rings is 1. The number of nitrogens with two attached hydrogens (primary N) is 3. The summed E-state index contributed by atoms with van der Waals surface area (Å²) in [7, 11) is -3.89. The lowest BCUT2D eigenvalue weighted by atomic mass is 10.1. The highest BCUT2D eigenvalue weighted by molar-refractivity contribution is 7.89. The number of sulfonamides is 1. The summed E-state index contributed by atoms with van der Waals surface area (Å²) in [5, 5.41) is 4.83. The van der Waals surface area contributed by atoms with Crippen molar-refractivity contribution in [2.75, 3.05) is 6.54 Å². The Morgan fingerprint density at radius 1 is 1.40 bits per heavy atom. The van der Waals surface area contributed by atoms with E-state index in [0.717, 1.165) is 6.07 Å². The van der Waals surface area contributed by atoms with Crippen LogP contribution in [-0.4, -0.2) is 15.0 Å². The van der Waals surface area contributed by atoms with Gasteiger partial charge in [-0.05, 0) is 12.1 Å². The second-order valence-corrected chi connectivity index (χ2v) is 4.63. The Hall–Kier alpha value is -1.02. The fraction of sp³-hybridized carbons (Fsp3) is 0.250. The van der Waals surface area contributed by atoms with Gasteiger partial charge < -0.3 is 11.5 Å². The predicted octanol–water partition coefficient (Wildman–Crippen LogP) is -0.568. The minimum atomic E-state index is -3.89. The first-order valence-electron chi connectivity index (χ1n) is 4.14. The van der Waals surface area contributed by atoms with E-state index in [4.69, 9.17) is 16.6 Å². The van der Waals surface area contributed by atoms with E-state index in [2.05, 4.69) is 0 Å². The summed E-state index contributed by atoms with van der Waals surface area (Å²) in [6, 6.07) is 2.65. The van der Waals surface area contributed by atoms with Crippen molar-refractivity contribution in [2.45, 2.75) is 10.9 Å². The molecule has 0 heterocycles.